The monoisotopic (exact) mass is 340 g/mol. The van der Waals surface area contributed by atoms with Gasteiger partial charge in [0.05, 0.1) is 21.0 Å². The normalized spacial score (nSPS) is 12.9. The van der Waals surface area contributed by atoms with Gasteiger partial charge in [0.15, 0.2) is 0 Å². The van der Waals surface area contributed by atoms with Crippen LogP contribution in [0.15, 0.2) is 18.2 Å². The number of carbonyl (C=O) groups excluding carboxylic acids is 1. The summed E-state index contributed by atoms with van der Waals surface area (Å²) in [6.45, 7) is 1.44. The fourth-order valence-corrected chi connectivity index (χ4v) is 1.34. The fraction of sp³-hybridized carbons (Fsp3) is 0.300. The smallest absolute Gasteiger partial charge is 0.325 e. The van der Waals surface area contributed by atoms with Crippen molar-refractivity contribution in [1.82, 2.24) is 0 Å². The summed E-state index contributed by atoms with van der Waals surface area (Å²) in [5, 5.41) is 12.5. The third kappa shape index (κ3) is 3.91. The summed E-state index contributed by atoms with van der Waals surface area (Å²) in [5.41, 5.74) is -2.48. The summed E-state index contributed by atoms with van der Waals surface area (Å²) in [7, 11) is 0. The van der Waals surface area contributed by atoms with E-state index >= 15 is 0 Å². The van der Waals surface area contributed by atoms with Crippen LogP contribution in [0.1, 0.15) is 12.5 Å². The van der Waals surface area contributed by atoms with E-state index in [0.29, 0.717) is 6.07 Å². The molecule has 0 aromatic heterocycles. The van der Waals surface area contributed by atoms with Gasteiger partial charge in [0.25, 0.3) is 5.69 Å². The van der Waals surface area contributed by atoms with Gasteiger partial charge < -0.3 is 5.32 Å². The average molecular weight is 341 g/mol. The number of non-ortho nitro benzene ring substituents is 1. The number of alkyl halides is 4. The number of nitrogens with one attached hydrogen (secondary N) is 1. The van der Waals surface area contributed by atoms with E-state index < -0.39 is 38.8 Å². The summed E-state index contributed by atoms with van der Waals surface area (Å²) >= 11 is 2.91. The maximum Gasteiger partial charge on any atom is 0.418 e. The molecule has 19 heavy (non-hydrogen) atoms. The molecule has 1 rings (SSSR count). The van der Waals surface area contributed by atoms with Crippen molar-refractivity contribution in [2.75, 3.05) is 5.32 Å². The van der Waals surface area contributed by atoms with Gasteiger partial charge >= 0.3 is 6.18 Å². The van der Waals surface area contributed by atoms with Gasteiger partial charge in [-0.3, -0.25) is 14.9 Å². The number of benzene rings is 1. The number of nitrogens with zero attached hydrogens (tertiary/aromatic N) is 1. The molecule has 104 valence electrons. The highest BCUT2D eigenvalue weighted by Crippen LogP contribution is 2.37. The van der Waals surface area contributed by atoms with Crippen molar-refractivity contribution >= 4 is 33.2 Å². The zero-order chi connectivity index (χ0) is 14.8. The van der Waals surface area contributed by atoms with Gasteiger partial charge in [0.1, 0.15) is 0 Å². The van der Waals surface area contributed by atoms with Crippen LogP contribution >= 0.6 is 15.9 Å². The predicted octanol–water partition coefficient (Wildman–Crippen LogP) is 3.34. The van der Waals surface area contributed by atoms with Crippen molar-refractivity contribution < 1.29 is 22.9 Å². The van der Waals surface area contributed by atoms with E-state index in [0.717, 1.165) is 12.1 Å². The number of nitro benzene ring substituents is 1. The standard InChI is InChI=1S/C10H8BrF3N2O3/c1-5(11)9(17)15-8-3-2-6(16(18)19)4-7(8)10(12,13)14/h2-5H,1H3,(H,15,17). The van der Waals surface area contributed by atoms with Crippen molar-refractivity contribution in [2.24, 2.45) is 0 Å². The topological polar surface area (TPSA) is 72.2 Å². The molecule has 0 saturated heterocycles. The molecule has 0 saturated carbocycles. The fourth-order valence-electron chi connectivity index (χ4n) is 1.22. The first-order valence-corrected chi connectivity index (χ1v) is 5.85. The summed E-state index contributed by atoms with van der Waals surface area (Å²) in [5.74, 6) is -0.681. The first-order valence-electron chi connectivity index (χ1n) is 4.93. The maximum absolute atomic E-state index is 12.8. The second kappa shape index (κ2) is 5.55. The van der Waals surface area contributed by atoms with Gasteiger partial charge in [-0.05, 0) is 13.0 Å². The van der Waals surface area contributed by atoms with Gasteiger partial charge in [-0.1, -0.05) is 15.9 Å². The molecule has 0 heterocycles. The number of carbonyl (C=O) groups is 1. The SMILES string of the molecule is CC(Br)C(=O)Nc1ccc([N+](=O)[O-])cc1C(F)(F)F. The highest BCUT2D eigenvalue weighted by Gasteiger charge is 2.35. The Morgan fingerprint density at radius 3 is 2.47 bits per heavy atom. The third-order valence-electron chi connectivity index (χ3n) is 2.14. The van der Waals surface area contributed by atoms with Crippen LogP contribution in [0.2, 0.25) is 0 Å². The van der Waals surface area contributed by atoms with E-state index in [1.165, 1.54) is 6.92 Å². The number of hydrogen-bond donors (Lipinski definition) is 1. The van der Waals surface area contributed by atoms with Crippen LogP contribution in [-0.4, -0.2) is 15.7 Å². The van der Waals surface area contributed by atoms with E-state index in [1.807, 2.05) is 0 Å². The number of nitro groups is 1. The summed E-state index contributed by atoms with van der Waals surface area (Å²) in [6.07, 6.45) is -4.80. The van der Waals surface area contributed by atoms with Gasteiger partial charge in [-0.15, -0.1) is 0 Å². The second-order valence-corrected chi connectivity index (χ2v) is 4.96. The Balaban J connectivity index is 3.24. The molecule has 9 heteroatoms. The zero-order valence-electron chi connectivity index (χ0n) is 9.49. The lowest BCUT2D eigenvalue weighted by molar-refractivity contribution is -0.385. The molecule has 0 aliphatic heterocycles. The summed E-state index contributed by atoms with van der Waals surface area (Å²) in [4.78, 5) is 20.2. The maximum atomic E-state index is 12.8. The molecule has 0 aliphatic carbocycles. The molecule has 5 nitrogen and oxygen atoms in total. The Bertz CT molecular complexity index is 517. The first-order chi connectivity index (χ1) is 8.62. The van der Waals surface area contributed by atoms with Crippen molar-refractivity contribution in [1.29, 1.82) is 0 Å². The molecule has 0 radical (unpaired) electrons. The number of rotatable bonds is 3. The molecule has 1 aromatic rings. The first kappa shape index (κ1) is 15.4. The number of anilines is 1. The molecule has 1 atom stereocenters. The highest BCUT2D eigenvalue weighted by atomic mass is 79.9. The van der Waals surface area contributed by atoms with Gasteiger partial charge in [0.2, 0.25) is 5.91 Å². The third-order valence-corrected chi connectivity index (χ3v) is 2.55. The quantitative estimate of drug-likeness (QED) is 0.521. The van der Waals surface area contributed by atoms with E-state index in [9.17, 15) is 28.1 Å². The molecule has 1 unspecified atom stereocenters. The van der Waals surface area contributed by atoms with Crippen LogP contribution < -0.4 is 5.32 Å². The molecular formula is C10H8BrF3N2O3. The Morgan fingerprint density at radius 1 is 1.47 bits per heavy atom. The molecule has 0 aliphatic rings. The van der Waals surface area contributed by atoms with Crippen LogP contribution in [0.3, 0.4) is 0 Å². The van der Waals surface area contributed by atoms with Crippen molar-refractivity contribution in [3.05, 3.63) is 33.9 Å². The number of halogens is 4. The molecule has 1 aromatic carbocycles. The van der Waals surface area contributed by atoms with Crippen molar-refractivity contribution in [3.8, 4) is 0 Å². The van der Waals surface area contributed by atoms with Crippen LogP contribution in [-0.2, 0) is 11.0 Å². The zero-order valence-corrected chi connectivity index (χ0v) is 11.1. The predicted molar refractivity (Wildman–Crippen MR) is 65.1 cm³/mol. The van der Waals surface area contributed by atoms with E-state index in [2.05, 4.69) is 21.2 Å². The van der Waals surface area contributed by atoms with Crippen LogP contribution in [0.25, 0.3) is 0 Å². The molecule has 1 N–H and O–H groups in total. The Kier molecular flexibility index (Phi) is 4.51. The largest absolute Gasteiger partial charge is 0.418 e. The van der Waals surface area contributed by atoms with Crippen LogP contribution in [0.5, 0.6) is 0 Å². The Labute approximate surface area is 114 Å². The highest BCUT2D eigenvalue weighted by molar-refractivity contribution is 9.10. The number of hydrogen-bond acceptors (Lipinski definition) is 3. The lowest BCUT2D eigenvalue weighted by Crippen LogP contribution is -2.22. The van der Waals surface area contributed by atoms with Gasteiger partial charge in [0, 0.05) is 12.1 Å². The molecule has 0 spiro atoms. The molecule has 1 amide bonds. The molecule has 0 fully saturated rings. The van der Waals surface area contributed by atoms with Gasteiger partial charge in [-0.25, -0.2) is 0 Å². The van der Waals surface area contributed by atoms with E-state index in [1.54, 1.807) is 0 Å². The Hall–Kier alpha value is -1.64. The van der Waals surface area contributed by atoms with Gasteiger partial charge in [-0.2, -0.15) is 13.2 Å². The van der Waals surface area contributed by atoms with E-state index in [4.69, 9.17) is 0 Å². The second-order valence-electron chi connectivity index (χ2n) is 3.59. The minimum absolute atomic E-state index is 0.383. The van der Waals surface area contributed by atoms with Crippen molar-refractivity contribution in [3.63, 3.8) is 0 Å². The molecule has 0 bridgehead atoms. The Morgan fingerprint density at radius 2 is 2.05 bits per heavy atom. The van der Waals surface area contributed by atoms with Crippen molar-refractivity contribution in [2.45, 2.75) is 17.9 Å². The average Bonchev–Trinajstić information content (AvgIpc) is 2.27. The minimum atomic E-state index is -4.80. The minimum Gasteiger partial charge on any atom is -0.325 e. The lowest BCUT2D eigenvalue weighted by atomic mass is 10.1. The summed E-state index contributed by atoms with van der Waals surface area (Å²) in [6, 6.07) is 2.13. The van der Waals surface area contributed by atoms with Crippen LogP contribution in [0.4, 0.5) is 24.5 Å². The van der Waals surface area contributed by atoms with E-state index in [-0.39, 0.29) is 0 Å². The lowest BCUT2D eigenvalue weighted by Gasteiger charge is -2.14. The summed E-state index contributed by atoms with van der Waals surface area (Å²) < 4.78 is 38.3. The number of amides is 1. The molecular weight excluding hydrogens is 333 g/mol. The van der Waals surface area contributed by atoms with Crippen LogP contribution in [0, 0.1) is 10.1 Å².